The number of carbonyl (C=O) groups excluding carboxylic acids is 1. The van der Waals surface area contributed by atoms with Gasteiger partial charge in [-0.1, -0.05) is 77.1 Å². The molecule has 0 spiro atoms. The number of nitro benzene ring substituents is 2. The Morgan fingerprint density at radius 1 is 0.521 bits per heavy atom. The number of methoxy groups -OCH3 is 4. The maximum atomic E-state index is 13.1. The first-order chi connectivity index (χ1) is 57.8. The molecule has 1 amide bonds. The van der Waals surface area contributed by atoms with Gasteiger partial charge in [0.1, 0.15) is 59.1 Å². The van der Waals surface area contributed by atoms with Crippen molar-refractivity contribution in [2.45, 2.75) is 157 Å². The fourth-order valence-corrected chi connectivity index (χ4v) is 11.2. The molecule has 0 bridgehead atoms. The molecule has 0 fully saturated rings. The Balaban J connectivity index is 0.000000251. The van der Waals surface area contributed by atoms with Crippen LogP contribution in [0.4, 0.5) is 35.0 Å². The van der Waals surface area contributed by atoms with Crippen LogP contribution in [-0.4, -0.2) is 133 Å². The summed E-state index contributed by atoms with van der Waals surface area (Å²) < 4.78 is 112. The molecule has 12 rings (SSSR count). The van der Waals surface area contributed by atoms with Gasteiger partial charge < -0.3 is 73.3 Å². The van der Waals surface area contributed by atoms with Crippen LogP contribution in [0, 0.1) is 46.8 Å². The van der Waals surface area contributed by atoms with Gasteiger partial charge in [-0.15, -0.1) is 0 Å². The first kappa shape index (κ1) is 98.8. The van der Waals surface area contributed by atoms with Crippen molar-refractivity contribution >= 4 is 77.4 Å². The van der Waals surface area contributed by atoms with E-state index in [9.17, 15) is 51.7 Å². The molecule has 652 valence electrons. The minimum absolute atomic E-state index is 0.0132. The lowest BCUT2D eigenvalue weighted by Crippen LogP contribution is -2.34. The molecule has 7 N–H and O–H groups in total. The topological polar surface area (TPSA) is 378 Å². The van der Waals surface area contributed by atoms with E-state index in [1.54, 1.807) is 78.3 Å². The Hall–Kier alpha value is -12.8. The number of nitrogens with one attached hydrogen (secondary N) is 1. The average Bonchev–Trinajstić information content (AvgIpc) is 1.61. The average molecular weight is 1700 g/mol. The number of rotatable bonds is 28. The number of fused-ring (bicyclic) bond motifs is 4. The van der Waals surface area contributed by atoms with Gasteiger partial charge in [-0.25, -0.2) is 33.5 Å². The number of amides is 1. The van der Waals surface area contributed by atoms with Crippen molar-refractivity contribution in [2.24, 2.45) is 5.73 Å². The lowest BCUT2D eigenvalue weighted by molar-refractivity contribution is -0.387. The van der Waals surface area contributed by atoms with E-state index in [-0.39, 0.29) is 48.4 Å². The number of nitrogen functional groups attached to an aromatic ring is 1. The third-order valence-corrected chi connectivity index (χ3v) is 18.5. The molecule has 0 atom stereocenters. The molecule has 0 saturated heterocycles. The quantitative estimate of drug-likeness (QED) is 0.0132. The summed E-state index contributed by atoms with van der Waals surface area (Å²) in [5, 5.41) is 32.4. The van der Waals surface area contributed by atoms with Crippen molar-refractivity contribution in [2.75, 3.05) is 60.5 Å². The van der Waals surface area contributed by atoms with Crippen LogP contribution in [0.5, 0.6) is 40.2 Å². The van der Waals surface area contributed by atoms with Gasteiger partial charge in [0.2, 0.25) is 5.82 Å². The summed E-state index contributed by atoms with van der Waals surface area (Å²) in [6.45, 7) is 23.8. The van der Waals surface area contributed by atoms with Gasteiger partial charge in [-0.3, -0.25) is 24.8 Å². The van der Waals surface area contributed by atoms with E-state index in [0.717, 1.165) is 137 Å². The van der Waals surface area contributed by atoms with Crippen molar-refractivity contribution in [1.82, 2.24) is 43.5 Å². The number of nitrogens with two attached hydrogens (primary N) is 2. The number of nitro groups is 2. The maximum absolute atomic E-state index is 13.1. The first-order valence-corrected chi connectivity index (χ1v) is 40.5. The molecule has 12 aromatic rings. The molecule has 0 radical (unpaired) electrons. The van der Waals surface area contributed by atoms with E-state index in [2.05, 4.69) is 82.0 Å². The molecule has 0 aliphatic rings. The van der Waals surface area contributed by atoms with E-state index in [0.29, 0.717) is 46.6 Å². The molecular formula is C88H112F3N13O16S. The lowest BCUT2D eigenvalue weighted by Gasteiger charge is -2.20. The maximum Gasteiger partial charge on any atom is 0.407 e. The van der Waals surface area contributed by atoms with Gasteiger partial charge in [0, 0.05) is 92.0 Å². The van der Waals surface area contributed by atoms with Crippen LogP contribution >= 0.6 is 0 Å². The number of hydrogen-bond acceptors (Lipinski definition) is 21. The smallest absolute Gasteiger partial charge is 0.407 e. The van der Waals surface area contributed by atoms with E-state index in [1.807, 2.05) is 112 Å². The van der Waals surface area contributed by atoms with Gasteiger partial charge in [0.15, 0.2) is 0 Å². The number of phenols is 1. The first-order valence-electron chi connectivity index (χ1n) is 39.0. The number of aromatic nitrogens is 8. The van der Waals surface area contributed by atoms with E-state index < -0.39 is 43.2 Å². The normalized spacial score (nSPS) is 11.0. The van der Waals surface area contributed by atoms with Gasteiger partial charge >= 0.3 is 11.8 Å². The second-order valence-electron chi connectivity index (χ2n) is 28.2. The van der Waals surface area contributed by atoms with E-state index in [4.69, 9.17) is 44.4 Å². The molecule has 0 unspecified atom stereocenters. The van der Waals surface area contributed by atoms with Gasteiger partial charge in [0.25, 0.3) is 15.8 Å². The number of carbonyl (C=O) groups is 1. The SMILES string of the molecule is CCCCn1cnc2cc(O)ccc21.CCCCn1cnc2cc(OC)ccc21.CCCCn1cnc2cc(OC/C(=C/F)CN)ccc21.CCCCn1cnc2cc(OC/C(=C/F)CNC(=O)OC(C)(C)C)ccc21.COc1ccc(C)c(N)c1.COc1ccc(C)c([N+](=O)[O-])c1.COc1ccc(F)c([N+](=O)[O-])c1.Cc1ccc(S(=O)(=O)O)cc1. The second kappa shape index (κ2) is 50.9. The number of benzene rings is 8. The number of aryl methyl sites for hydroxylation is 7. The van der Waals surface area contributed by atoms with Crippen molar-refractivity contribution in [3.63, 3.8) is 0 Å². The van der Waals surface area contributed by atoms with Crippen LogP contribution in [0.15, 0.2) is 206 Å². The summed E-state index contributed by atoms with van der Waals surface area (Å²) >= 11 is 0. The molecule has 0 aliphatic carbocycles. The monoisotopic (exact) mass is 1700 g/mol. The Bertz CT molecular complexity index is 5350. The largest absolute Gasteiger partial charge is 0.508 e. The minimum atomic E-state index is -4.02. The summed E-state index contributed by atoms with van der Waals surface area (Å²) in [7, 11) is 2.12. The summed E-state index contributed by atoms with van der Waals surface area (Å²) in [5.41, 5.74) is 22.1. The van der Waals surface area contributed by atoms with Gasteiger partial charge in [0.05, 0.1) is 137 Å². The highest BCUT2D eigenvalue weighted by Gasteiger charge is 2.18. The molecule has 0 saturated carbocycles. The highest BCUT2D eigenvalue weighted by atomic mass is 32.2. The van der Waals surface area contributed by atoms with Crippen LogP contribution in [0.3, 0.4) is 0 Å². The number of hydrogen-bond donors (Lipinski definition) is 5. The number of unbranched alkanes of at least 4 members (excludes halogenated alkanes) is 4. The predicted molar refractivity (Wildman–Crippen MR) is 467 cm³/mol. The van der Waals surface area contributed by atoms with Crippen LogP contribution in [-0.2, 0) is 41.0 Å². The third-order valence-electron chi connectivity index (χ3n) is 17.7. The van der Waals surface area contributed by atoms with Crippen LogP contribution in [0.2, 0.25) is 0 Å². The number of phenolic OH excluding ortho intramolecular Hbond substituents is 1. The van der Waals surface area contributed by atoms with Crippen LogP contribution in [0.1, 0.15) is 117 Å². The Morgan fingerprint density at radius 2 is 0.884 bits per heavy atom. The molecule has 121 heavy (non-hydrogen) atoms. The molecule has 33 heteroatoms. The number of anilines is 1. The van der Waals surface area contributed by atoms with Gasteiger partial charge in [-0.05, 0) is 164 Å². The van der Waals surface area contributed by atoms with Crippen molar-refractivity contribution in [3.05, 3.63) is 244 Å². The molecule has 0 aliphatic heterocycles. The number of ether oxygens (including phenoxy) is 7. The predicted octanol–water partition coefficient (Wildman–Crippen LogP) is 19.5. The summed E-state index contributed by atoms with van der Waals surface area (Å²) in [6, 6.07) is 42.4. The molecule has 4 heterocycles. The number of imidazole rings is 4. The zero-order chi connectivity index (χ0) is 89.2. The third kappa shape index (κ3) is 33.5. The lowest BCUT2D eigenvalue weighted by atomic mass is 10.2. The fourth-order valence-electron chi connectivity index (χ4n) is 10.8. The zero-order valence-corrected chi connectivity index (χ0v) is 71.8. The van der Waals surface area contributed by atoms with Crippen LogP contribution < -0.4 is 45.2 Å². The zero-order valence-electron chi connectivity index (χ0n) is 71.0. The molecule has 4 aromatic heterocycles. The number of halogens is 3. The number of alkyl carbamates (subject to hydrolysis) is 1. The summed E-state index contributed by atoms with van der Waals surface area (Å²) in [6.07, 6.45) is 17.0. The Labute approximate surface area is 703 Å². The Kier molecular flexibility index (Phi) is 41.6. The molecule has 8 aromatic carbocycles. The number of aromatic hydroxyl groups is 1. The number of nitrogens with zero attached hydrogens (tertiary/aromatic N) is 10. The van der Waals surface area contributed by atoms with Crippen molar-refractivity contribution in [3.8, 4) is 40.2 Å². The van der Waals surface area contributed by atoms with Crippen molar-refractivity contribution < 1.29 is 79.0 Å². The standard InChI is InChI=1S/C20H28FN3O3.C15H20FN3O.C12H16N2O.C11H14N2O.C8H9NO3.C8H11NO.C7H6FNO3.C7H8O3S/c1-5-6-9-24-14-23-17-10-16(7-8-18(17)24)26-13-15(11-21)12-22-19(25)27-20(2,3)4;1-2-3-6-19-11-18-14-7-13(4-5-15(14)19)20-10-12(8-16)9-17;1-3-4-7-14-9-13-11-8-10(15-2)5-6-12(11)14;1-2-3-6-13-8-12-10-7-9(14)4-5-11(10)13;1-6-3-4-7(12-2)5-8(6)9(10)11;1-6-3-4-7(10-2)5-8(6)9;1-12-5-2-3-6(8)7(4-5)9(10)11;1-6-2-4-7(5-3-6)11(8,9)10/h7-8,10-11,14H,5-6,9,12-13H2,1-4H3,(H,22,25);4-5,7-8,11H,2-3,6,9-10,17H2,1H3;5-6,8-9H,3-4,7H2,1-2H3;4-5,7-8,14H,2-3,6H2,1H3;3-5H,1-2H3;3-5H,9H2,1-2H3;2-4H,1H3;2-5H,1H3,(H,8,9,10)/b15-11+;12-8+;;;;;;. The molecule has 29 nitrogen and oxygen atoms in total. The second-order valence-corrected chi connectivity index (χ2v) is 29.6. The summed E-state index contributed by atoms with van der Waals surface area (Å²) in [5.74, 6) is 3.13. The van der Waals surface area contributed by atoms with E-state index in [1.165, 1.54) is 63.3 Å². The Morgan fingerprint density at radius 3 is 1.27 bits per heavy atom. The van der Waals surface area contributed by atoms with Crippen LogP contribution in [0.25, 0.3) is 44.1 Å². The molecular weight excluding hydrogens is 1580 g/mol. The summed E-state index contributed by atoms with van der Waals surface area (Å²) in [4.78, 5) is 48.4. The van der Waals surface area contributed by atoms with E-state index >= 15 is 0 Å². The van der Waals surface area contributed by atoms with Gasteiger partial charge in [-0.2, -0.15) is 12.8 Å². The van der Waals surface area contributed by atoms with Crippen molar-refractivity contribution in [1.29, 1.82) is 0 Å². The minimum Gasteiger partial charge on any atom is -0.508 e. The fraction of sp³-hybridized carbons (Fsp3) is 0.352. The highest BCUT2D eigenvalue weighted by Crippen LogP contribution is 2.28. The highest BCUT2D eigenvalue weighted by molar-refractivity contribution is 7.85.